The first kappa shape index (κ1) is 18.3. The fraction of sp³-hybridized carbons (Fsp3) is 0.333. The Morgan fingerprint density at radius 3 is 2.17 bits per heavy atom. The van der Waals surface area contributed by atoms with Gasteiger partial charge in [0.1, 0.15) is 5.75 Å². The van der Waals surface area contributed by atoms with Gasteiger partial charge in [0.2, 0.25) is 0 Å². The first-order valence-electron chi connectivity index (χ1n) is 7.67. The fourth-order valence-electron chi connectivity index (χ4n) is 2.42. The molecular weight excluding hydrogens is 317 g/mol. The van der Waals surface area contributed by atoms with Gasteiger partial charge in [-0.3, -0.25) is 0 Å². The van der Waals surface area contributed by atoms with E-state index >= 15 is 0 Å². The van der Waals surface area contributed by atoms with Crippen molar-refractivity contribution in [2.45, 2.75) is 18.6 Å². The Balaban J connectivity index is 1.91. The SMILES string of the molecule is COc1ccc(CCNC(CN)c2ccc(C(F)(F)F)cc2)cc1. The van der Waals surface area contributed by atoms with E-state index in [0.717, 1.165) is 35.4 Å². The zero-order chi connectivity index (χ0) is 17.6. The average molecular weight is 338 g/mol. The molecule has 3 N–H and O–H groups in total. The van der Waals surface area contributed by atoms with Gasteiger partial charge >= 0.3 is 6.18 Å². The van der Waals surface area contributed by atoms with Crippen molar-refractivity contribution in [1.29, 1.82) is 0 Å². The zero-order valence-electron chi connectivity index (χ0n) is 13.4. The van der Waals surface area contributed by atoms with Crippen molar-refractivity contribution in [1.82, 2.24) is 5.32 Å². The van der Waals surface area contributed by atoms with Crippen LogP contribution in [0.4, 0.5) is 13.2 Å². The summed E-state index contributed by atoms with van der Waals surface area (Å²) in [4.78, 5) is 0. The van der Waals surface area contributed by atoms with Crippen molar-refractivity contribution in [3.63, 3.8) is 0 Å². The minimum absolute atomic E-state index is 0.175. The van der Waals surface area contributed by atoms with Crippen molar-refractivity contribution in [3.05, 3.63) is 65.2 Å². The molecule has 2 rings (SSSR count). The average Bonchev–Trinajstić information content (AvgIpc) is 2.59. The number of alkyl halides is 3. The van der Waals surface area contributed by atoms with E-state index in [-0.39, 0.29) is 6.04 Å². The van der Waals surface area contributed by atoms with Gasteiger partial charge in [-0.2, -0.15) is 13.2 Å². The molecule has 0 aliphatic heterocycles. The maximum absolute atomic E-state index is 12.6. The molecule has 0 fully saturated rings. The number of rotatable bonds is 7. The lowest BCUT2D eigenvalue weighted by molar-refractivity contribution is -0.137. The van der Waals surface area contributed by atoms with Crippen LogP contribution in [0.5, 0.6) is 5.75 Å². The quantitative estimate of drug-likeness (QED) is 0.812. The van der Waals surface area contributed by atoms with Gasteiger partial charge in [-0.25, -0.2) is 0 Å². The summed E-state index contributed by atoms with van der Waals surface area (Å²) >= 11 is 0. The summed E-state index contributed by atoms with van der Waals surface area (Å²) in [5.41, 5.74) is 6.99. The number of nitrogens with one attached hydrogen (secondary N) is 1. The van der Waals surface area contributed by atoms with Crippen molar-refractivity contribution < 1.29 is 17.9 Å². The minimum Gasteiger partial charge on any atom is -0.497 e. The Labute approximate surface area is 139 Å². The highest BCUT2D eigenvalue weighted by molar-refractivity contribution is 5.28. The van der Waals surface area contributed by atoms with E-state index in [2.05, 4.69) is 5.32 Å². The Kier molecular flexibility index (Phi) is 6.23. The van der Waals surface area contributed by atoms with Crippen LogP contribution in [-0.4, -0.2) is 20.2 Å². The predicted octanol–water partition coefficient (Wildman–Crippen LogP) is 3.55. The van der Waals surface area contributed by atoms with E-state index in [1.165, 1.54) is 12.1 Å². The second-order valence-electron chi connectivity index (χ2n) is 5.46. The van der Waals surface area contributed by atoms with E-state index < -0.39 is 11.7 Å². The van der Waals surface area contributed by atoms with Crippen LogP contribution in [-0.2, 0) is 12.6 Å². The second kappa shape index (κ2) is 8.17. The number of hydrogen-bond donors (Lipinski definition) is 2. The molecule has 0 amide bonds. The lowest BCUT2D eigenvalue weighted by Gasteiger charge is -2.18. The molecule has 2 aromatic carbocycles. The third-order valence-electron chi connectivity index (χ3n) is 3.84. The van der Waals surface area contributed by atoms with Crippen LogP contribution in [0.3, 0.4) is 0 Å². The summed E-state index contributed by atoms with van der Waals surface area (Å²) in [5, 5.41) is 3.28. The van der Waals surface area contributed by atoms with Crippen LogP contribution < -0.4 is 15.8 Å². The Morgan fingerprint density at radius 1 is 1.04 bits per heavy atom. The molecule has 0 heterocycles. The Bertz CT molecular complexity index is 624. The van der Waals surface area contributed by atoms with Crippen molar-refractivity contribution in [2.75, 3.05) is 20.2 Å². The van der Waals surface area contributed by atoms with Crippen LogP contribution >= 0.6 is 0 Å². The van der Waals surface area contributed by atoms with Crippen LogP contribution in [0.2, 0.25) is 0 Å². The number of methoxy groups -OCH3 is 1. The van der Waals surface area contributed by atoms with Gasteiger partial charge < -0.3 is 15.8 Å². The summed E-state index contributed by atoms with van der Waals surface area (Å²) in [6, 6.07) is 12.7. The third-order valence-corrected chi connectivity index (χ3v) is 3.84. The summed E-state index contributed by atoms with van der Waals surface area (Å²) in [5.74, 6) is 0.802. The molecule has 0 saturated carbocycles. The molecule has 130 valence electrons. The summed E-state index contributed by atoms with van der Waals surface area (Å²) < 4.78 is 42.9. The number of halogens is 3. The lowest BCUT2D eigenvalue weighted by atomic mass is 10.0. The molecule has 6 heteroatoms. The molecule has 0 aromatic heterocycles. The van der Waals surface area contributed by atoms with Crippen LogP contribution in [0, 0.1) is 0 Å². The van der Waals surface area contributed by atoms with Crippen LogP contribution in [0.1, 0.15) is 22.7 Å². The Morgan fingerprint density at radius 2 is 1.67 bits per heavy atom. The molecule has 1 unspecified atom stereocenters. The fourth-order valence-corrected chi connectivity index (χ4v) is 2.42. The predicted molar refractivity (Wildman–Crippen MR) is 87.9 cm³/mol. The molecule has 0 aliphatic carbocycles. The van der Waals surface area contributed by atoms with Crippen LogP contribution in [0.25, 0.3) is 0 Å². The standard InChI is InChI=1S/C18H21F3N2O/c1-24-16-8-2-13(3-9-16)10-11-23-17(12-22)14-4-6-15(7-5-14)18(19,20)21/h2-9,17,23H,10-12,22H2,1H3. The van der Waals surface area contributed by atoms with E-state index in [4.69, 9.17) is 10.5 Å². The van der Waals surface area contributed by atoms with E-state index in [9.17, 15) is 13.2 Å². The largest absolute Gasteiger partial charge is 0.497 e. The van der Waals surface area contributed by atoms with Gasteiger partial charge in [0.15, 0.2) is 0 Å². The van der Waals surface area contributed by atoms with E-state index in [0.29, 0.717) is 13.1 Å². The zero-order valence-corrected chi connectivity index (χ0v) is 13.4. The molecule has 24 heavy (non-hydrogen) atoms. The third kappa shape index (κ3) is 4.97. The maximum atomic E-state index is 12.6. The molecule has 3 nitrogen and oxygen atoms in total. The monoisotopic (exact) mass is 338 g/mol. The number of benzene rings is 2. The summed E-state index contributed by atoms with van der Waals surface area (Å²) in [6.45, 7) is 0.989. The van der Waals surface area contributed by atoms with Gasteiger partial charge in [0, 0.05) is 12.6 Å². The topological polar surface area (TPSA) is 47.3 Å². The van der Waals surface area contributed by atoms with Gasteiger partial charge in [-0.1, -0.05) is 24.3 Å². The molecule has 0 saturated heterocycles. The first-order valence-corrected chi connectivity index (χ1v) is 7.67. The summed E-state index contributed by atoms with van der Waals surface area (Å²) in [7, 11) is 1.62. The molecular formula is C18H21F3N2O. The van der Waals surface area contributed by atoms with Gasteiger partial charge in [-0.15, -0.1) is 0 Å². The normalized spacial score (nSPS) is 12.9. The van der Waals surface area contributed by atoms with Gasteiger partial charge in [0.25, 0.3) is 0 Å². The van der Waals surface area contributed by atoms with E-state index in [1.807, 2.05) is 24.3 Å². The highest BCUT2D eigenvalue weighted by Gasteiger charge is 2.30. The Hall–Kier alpha value is -2.05. The number of ether oxygens (including phenoxy) is 1. The minimum atomic E-state index is -4.32. The highest BCUT2D eigenvalue weighted by Crippen LogP contribution is 2.29. The molecule has 0 spiro atoms. The molecule has 0 bridgehead atoms. The van der Waals surface area contributed by atoms with Crippen molar-refractivity contribution >= 4 is 0 Å². The van der Waals surface area contributed by atoms with Crippen molar-refractivity contribution in [3.8, 4) is 5.75 Å². The number of nitrogens with two attached hydrogens (primary N) is 1. The smallest absolute Gasteiger partial charge is 0.416 e. The van der Waals surface area contributed by atoms with Crippen molar-refractivity contribution in [2.24, 2.45) is 5.73 Å². The van der Waals surface area contributed by atoms with Gasteiger partial charge in [0.05, 0.1) is 12.7 Å². The molecule has 2 aromatic rings. The molecule has 0 radical (unpaired) electrons. The lowest BCUT2D eigenvalue weighted by Crippen LogP contribution is -2.29. The summed E-state index contributed by atoms with van der Waals surface area (Å²) in [6.07, 6.45) is -3.53. The second-order valence-corrected chi connectivity index (χ2v) is 5.46. The van der Waals surface area contributed by atoms with E-state index in [1.54, 1.807) is 7.11 Å². The molecule has 1 atom stereocenters. The molecule has 0 aliphatic rings. The van der Waals surface area contributed by atoms with Gasteiger partial charge in [-0.05, 0) is 48.4 Å². The first-order chi connectivity index (χ1) is 11.4. The number of hydrogen-bond acceptors (Lipinski definition) is 3. The highest BCUT2D eigenvalue weighted by atomic mass is 19.4. The van der Waals surface area contributed by atoms with Crippen LogP contribution in [0.15, 0.2) is 48.5 Å². The maximum Gasteiger partial charge on any atom is 0.416 e.